The number of urea groups is 1. The highest BCUT2D eigenvalue weighted by Crippen LogP contribution is 2.24. The largest absolute Gasteiger partial charge is 0.386 e. The van der Waals surface area contributed by atoms with E-state index >= 15 is 0 Å². The fourth-order valence-corrected chi connectivity index (χ4v) is 3.64. The quantitative estimate of drug-likeness (QED) is 0.684. The molecule has 22 heavy (non-hydrogen) atoms. The number of amides is 2. The van der Waals surface area contributed by atoms with E-state index in [0.717, 1.165) is 20.1 Å². The number of rotatable bonds is 4. The molecule has 0 aliphatic carbocycles. The van der Waals surface area contributed by atoms with E-state index in [-0.39, 0.29) is 12.6 Å². The molecule has 7 heteroatoms. The maximum Gasteiger partial charge on any atom is 0.319 e. The zero-order chi connectivity index (χ0) is 15.5. The van der Waals surface area contributed by atoms with Gasteiger partial charge in [-0.25, -0.2) is 9.78 Å². The van der Waals surface area contributed by atoms with Crippen LogP contribution in [0.3, 0.4) is 0 Å². The Bertz CT molecular complexity index is 783. The summed E-state index contributed by atoms with van der Waals surface area (Å²) in [4.78, 5) is 17.1. The first-order valence-electron chi connectivity index (χ1n) is 6.75. The third-order valence-corrected chi connectivity index (χ3v) is 4.99. The molecule has 1 atom stereocenters. The molecular formula is C15H15N3O2S2. The smallest absolute Gasteiger partial charge is 0.319 e. The zero-order valence-electron chi connectivity index (χ0n) is 11.9. The highest BCUT2D eigenvalue weighted by Gasteiger charge is 2.10. The SMILES string of the molecule is Cc1nc2ccc(NC(=O)NC[C@H](O)c3cccs3)cc2s1. The summed E-state index contributed by atoms with van der Waals surface area (Å²) in [6, 6.07) is 8.97. The lowest BCUT2D eigenvalue weighted by atomic mass is 10.3. The van der Waals surface area contributed by atoms with Crippen LogP contribution >= 0.6 is 22.7 Å². The number of aromatic nitrogens is 1. The van der Waals surface area contributed by atoms with Crippen molar-refractivity contribution in [3.63, 3.8) is 0 Å². The summed E-state index contributed by atoms with van der Waals surface area (Å²) in [6.45, 7) is 2.13. The third kappa shape index (κ3) is 3.44. The van der Waals surface area contributed by atoms with Gasteiger partial charge < -0.3 is 15.7 Å². The maximum atomic E-state index is 11.9. The Hall–Kier alpha value is -1.96. The molecule has 3 aromatic rings. The van der Waals surface area contributed by atoms with Crippen LogP contribution in [-0.2, 0) is 0 Å². The van der Waals surface area contributed by atoms with Crippen LogP contribution in [0.1, 0.15) is 16.0 Å². The van der Waals surface area contributed by atoms with Crippen molar-refractivity contribution in [1.82, 2.24) is 10.3 Å². The lowest BCUT2D eigenvalue weighted by Gasteiger charge is -2.11. The highest BCUT2D eigenvalue weighted by molar-refractivity contribution is 7.18. The number of hydrogen-bond donors (Lipinski definition) is 3. The van der Waals surface area contributed by atoms with Crippen LogP contribution in [0.4, 0.5) is 10.5 Å². The van der Waals surface area contributed by atoms with Gasteiger partial charge in [-0.2, -0.15) is 0 Å². The van der Waals surface area contributed by atoms with Crippen molar-refractivity contribution in [3.05, 3.63) is 45.6 Å². The van der Waals surface area contributed by atoms with Crippen LogP contribution in [0.5, 0.6) is 0 Å². The standard InChI is InChI=1S/C15H15N3O2S2/c1-9-17-11-5-4-10(7-14(11)22-9)18-15(20)16-8-12(19)13-3-2-6-21-13/h2-7,12,19H,8H2,1H3,(H2,16,18,20)/t12-/m0/s1. The molecular weight excluding hydrogens is 318 g/mol. The molecule has 0 radical (unpaired) electrons. The van der Waals surface area contributed by atoms with E-state index in [0.29, 0.717) is 5.69 Å². The van der Waals surface area contributed by atoms with Crippen molar-refractivity contribution in [2.75, 3.05) is 11.9 Å². The Kier molecular flexibility index (Phi) is 4.37. The van der Waals surface area contributed by atoms with Crippen molar-refractivity contribution in [1.29, 1.82) is 0 Å². The Balaban J connectivity index is 1.58. The third-order valence-electron chi connectivity index (χ3n) is 3.08. The number of fused-ring (bicyclic) bond motifs is 1. The number of aryl methyl sites for hydroxylation is 1. The average Bonchev–Trinajstić information content (AvgIpc) is 3.12. The van der Waals surface area contributed by atoms with E-state index < -0.39 is 6.10 Å². The van der Waals surface area contributed by atoms with Gasteiger partial charge in [0.2, 0.25) is 0 Å². The highest BCUT2D eigenvalue weighted by atomic mass is 32.1. The molecule has 0 fully saturated rings. The summed E-state index contributed by atoms with van der Waals surface area (Å²) in [7, 11) is 0. The molecule has 0 saturated heterocycles. The first-order valence-corrected chi connectivity index (χ1v) is 8.45. The molecule has 5 nitrogen and oxygen atoms in total. The molecule has 0 aliphatic rings. The number of aliphatic hydroxyl groups is 1. The van der Waals surface area contributed by atoms with Gasteiger partial charge in [0.1, 0.15) is 6.10 Å². The van der Waals surface area contributed by atoms with Crippen LogP contribution in [-0.4, -0.2) is 22.7 Å². The summed E-state index contributed by atoms with van der Waals surface area (Å²) < 4.78 is 1.04. The number of benzene rings is 1. The summed E-state index contributed by atoms with van der Waals surface area (Å²) in [5, 5.41) is 18.3. The van der Waals surface area contributed by atoms with Gasteiger partial charge >= 0.3 is 6.03 Å². The number of carbonyl (C=O) groups excluding carboxylic acids is 1. The molecule has 3 rings (SSSR count). The molecule has 0 unspecified atom stereocenters. The minimum absolute atomic E-state index is 0.175. The van der Waals surface area contributed by atoms with Crippen LogP contribution in [0.2, 0.25) is 0 Å². The summed E-state index contributed by atoms with van der Waals surface area (Å²) in [5.74, 6) is 0. The fraction of sp³-hybridized carbons (Fsp3) is 0.200. The molecule has 2 amide bonds. The van der Waals surface area contributed by atoms with Gasteiger partial charge in [0.05, 0.1) is 21.8 Å². The fourth-order valence-electron chi connectivity index (χ4n) is 2.06. The summed E-state index contributed by atoms with van der Waals surface area (Å²) in [5.41, 5.74) is 1.64. The van der Waals surface area contributed by atoms with Crippen molar-refractivity contribution < 1.29 is 9.90 Å². The molecule has 2 aromatic heterocycles. The molecule has 0 saturated carbocycles. The van der Waals surface area contributed by atoms with Gasteiger partial charge in [-0.1, -0.05) is 6.07 Å². The van der Waals surface area contributed by atoms with E-state index in [2.05, 4.69) is 15.6 Å². The van der Waals surface area contributed by atoms with E-state index in [1.54, 1.807) is 11.3 Å². The molecule has 2 heterocycles. The van der Waals surface area contributed by atoms with E-state index in [1.165, 1.54) is 11.3 Å². The van der Waals surface area contributed by atoms with Gasteiger partial charge in [0.25, 0.3) is 0 Å². The lowest BCUT2D eigenvalue weighted by molar-refractivity contribution is 0.178. The number of thiazole rings is 1. The number of anilines is 1. The van der Waals surface area contributed by atoms with Gasteiger partial charge in [-0.05, 0) is 36.6 Å². The number of nitrogens with one attached hydrogen (secondary N) is 2. The lowest BCUT2D eigenvalue weighted by Crippen LogP contribution is -2.32. The zero-order valence-corrected chi connectivity index (χ0v) is 13.5. The predicted molar refractivity (Wildman–Crippen MR) is 90.7 cm³/mol. The number of hydrogen-bond acceptors (Lipinski definition) is 5. The first-order chi connectivity index (χ1) is 10.6. The van der Waals surface area contributed by atoms with Crippen molar-refractivity contribution in [3.8, 4) is 0 Å². The molecule has 1 aromatic carbocycles. The van der Waals surface area contributed by atoms with E-state index in [4.69, 9.17) is 0 Å². The molecule has 0 aliphatic heterocycles. The molecule has 0 spiro atoms. The predicted octanol–water partition coefficient (Wildman–Crippen LogP) is 3.52. The minimum Gasteiger partial charge on any atom is -0.386 e. The average molecular weight is 333 g/mol. The first kappa shape index (κ1) is 15.0. The van der Waals surface area contributed by atoms with Gasteiger partial charge in [0, 0.05) is 10.6 Å². The number of carbonyl (C=O) groups is 1. The molecule has 3 N–H and O–H groups in total. The summed E-state index contributed by atoms with van der Waals surface area (Å²) in [6.07, 6.45) is -0.683. The van der Waals surface area contributed by atoms with Crippen LogP contribution in [0, 0.1) is 6.92 Å². The number of thiophene rings is 1. The normalized spacial score (nSPS) is 12.3. The maximum absolute atomic E-state index is 11.9. The monoisotopic (exact) mass is 333 g/mol. The molecule has 0 bridgehead atoms. The number of aliphatic hydroxyl groups excluding tert-OH is 1. The van der Waals surface area contributed by atoms with Crippen LogP contribution in [0.25, 0.3) is 10.2 Å². The van der Waals surface area contributed by atoms with Gasteiger partial charge in [0.15, 0.2) is 0 Å². The van der Waals surface area contributed by atoms with Crippen LogP contribution < -0.4 is 10.6 Å². The Labute approximate surface area is 135 Å². The van der Waals surface area contributed by atoms with Crippen molar-refractivity contribution >= 4 is 44.6 Å². The van der Waals surface area contributed by atoms with E-state index in [9.17, 15) is 9.90 Å². The van der Waals surface area contributed by atoms with Crippen LogP contribution in [0.15, 0.2) is 35.7 Å². The van der Waals surface area contributed by atoms with Crippen molar-refractivity contribution in [2.45, 2.75) is 13.0 Å². The Morgan fingerprint density at radius 2 is 2.27 bits per heavy atom. The topological polar surface area (TPSA) is 74.2 Å². The second kappa shape index (κ2) is 6.43. The number of nitrogens with zero attached hydrogens (tertiary/aromatic N) is 1. The summed E-state index contributed by atoms with van der Waals surface area (Å²) >= 11 is 3.05. The van der Waals surface area contributed by atoms with Gasteiger partial charge in [-0.15, -0.1) is 22.7 Å². The second-order valence-corrected chi connectivity index (χ2v) is 7.00. The van der Waals surface area contributed by atoms with Gasteiger partial charge in [-0.3, -0.25) is 0 Å². The minimum atomic E-state index is -0.683. The Morgan fingerprint density at radius 3 is 3.05 bits per heavy atom. The molecule has 114 valence electrons. The van der Waals surface area contributed by atoms with E-state index in [1.807, 2.05) is 42.6 Å². The Morgan fingerprint density at radius 1 is 1.41 bits per heavy atom. The van der Waals surface area contributed by atoms with Crippen molar-refractivity contribution in [2.24, 2.45) is 0 Å². The second-order valence-electron chi connectivity index (χ2n) is 4.78.